The summed E-state index contributed by atoms with van der Waals surface area (Å²) in [7, 11) is 0. The van der Waals surface area contributed by atoms with Crippen LogP contribution >= 0.6 is 11.8 Å². The third kappa shape index (κ3) is 3.90. The Morgan fingerprint density at radius 3 is 2.67 bits per heavy atom. The van der Waals surface area contributed by atoms with E-state index in [1.54, 1.807) is 24.3 Å². The standard InChI is InChI=1S/C22H16N2O5S/c1-14-5-2-3-6-16(14)13-23-21(25)20(30-22(23)26)12-18-9-10-19(29-18)15-7-4-8-17(11-15)24(27)28/h2-12H,13H2,1H3/b20-12-. The number of nitro benzene ring substituents is 1. The molecular formula is C22H16N2O5S. The van der Waals surface area contributed by atoms with E-state index in [1.165, 1.54) is 23.1 Å². The van der Waals surface area contributed by atoms with E-state index >= 15 is 0 Å². The second kappa shape index (κ2) is 8.00. The van der Waals surface area contributed by atoms with Crippen LogP contribution in [0.15, 0.2) is 70.0 Å². The van der Waals surface area contributed by atoms with Crippen LogP contribution in [0.4, 0.5) is 10.5 Å². The number of furan rings is 1. The van der Waals surface area contributed by atoms with Gasteiger partial charge in [0.1, 0.15) is 11.5 Å². The van der Waals surface area contributed by atoms with E-state index < -0.39 is 4.92 Å². The lowest BCUT2D eigenvalue weighted by Gasteiger charge is -2.14. The number of hydrogen-bond donors (Lipinski definition) is 0. The third-order valence-corrected chi connectivity index (χ3v) is 5.61. The second-order valence-electron chi connectivity index (χ2n) is 6.70. The lowest BCUT2D eigenvalue weighted by atomic mass is 10.1. The Bertz CT molecular complexity index is 1200. The van der Waals surface area contributed by atoms with E-state index in [0.29, 0.717) is 17.1 Å². The van der Waals surface area contributed by atoms with Crippen LogP contribution < -0.4 is 0 Å². The highest BCUT2D eigenvalue weighted by Gasteiger charge is 2.35. The van der Waals surface area contributed by atoms with E-state index in [-0.39, 0.29) is 28.3 Å². The van der Waals surface area contributed by atoms with Crippen molar-refractivity contribution in [1.82, 2.24) is 4.90 Å². The minimum absolute atomic E-state index is 0.0391. The quantitative estimate of drug-likeness (QED) is 0.312. The Labute approximate surface area is 176 Å². The van der Waals surface area contributed by atoms with E-state index in [9.17, 15) is 19.7 Å². The van der Waals surface area contributed by atoms with Gasteiger partial charge >= 0.3 is 0 Å². The third-order valence-electron chi connectivity index (χ3n) is 4.70. The molecule has 0 unspecified atom stereocenters. The molecule has 8 heteroatoms. The number of benzene rings is 2. The van der Waals surface area contributed by atoms with Crippen molar-refractivity contribution in [2.45, 2.75) is 13.5 Å². The molecule has 2 heterocycles. The van der Waals surface area contributed by atoms with Gasteiger partial charge in [-0.25, -0.2) is 0 Å². The number of thioether (sulfide) groups is 1. The molecule has 0 spiro atoms. The summed E-state index contributed by atoms with van der Waals surface area (Å²) >= 11 is 0.862. The Morgan fingerprint density at radius 2 is 1.90 bits per heavy atom. The zero-order valence-electron chi connectivity index (χ0n) is 15.9. The Kier molecular flexibility index (Phi) is 5.24. The molecule has 30 heavy (non-hydrogen) atoms. The van der Waals surface area contributed by atoms with Crippen molar-refractivity contribution in [3.05, 3.63) is 92.6 Å². The summed E-state index contributed by atoms with van der Waals surface area (Å²) in [5.74, 6) is 0.448. The maximum atomic E-state index is 12.7. The fraction of sp³-hybridized carbons (Fsp3) is 0.0909. The number of carbonyl (C=O) groups is 2. The molecule has 0 bridgehead atoms. The van der Waals surface area contributed by atoms with Crippen molar-refractivity contribution < 1.29 is 18.9 Å². The minimum atomic E-state index is -0.474. The number of non-ortho nitro benzene ring substituents is 1. The second-order valence-corrected chi connectivity index (χ2v) is 7.70. The monoisotopic (exact) mass is 420 g/mol. The molecule has 1 aliphatic heterocycles. The van der Waals surface area contributed by atoms with Crippen molar-refractivity contribution in [2.24, 2.45) is 0 Å². The van der Waals surface area contributed by atoms with Gasteiger partial charge in [0.15, 0.2) is 0 Å². The molecule has 1 fully saturated rings. The molecule has 2 amide bonds. The molecule has 4 rings (SSSR count). The highest BCUT2D eigenvalue weighted by molar-refractivity contribution is 8.18. The molecule has 1 aromatic heterocycles. The zero-order valence-corrected chi connectivity index (χ0v) is 16.7. The molecule has 0 atom stereocenters. The number of nitrogens with zero attached hydrogens (tertiary/aromatic N) is 2. The number of imide groups is 1. The molecule has 1 aliphatic rings. The molecule has 0 N–H and O–H groups in total. The number of aryl methyl sites for hydroxylation is 1. The van der Waals surface area contributed by atoms with E-state index in [1.807, 2.05) is 31.2 Å². The SMILES string of the molecule is Cc1ccccc1CN1C(=O)S/C(=C\c2ccc(-c3cccc([N+](=O)[O-])c3)o2)C1=O. The van der Waals surface area contributed by atoms with Gasteiger partial charge < -0.3 is 4.42 Å². The van der Waals surface area contributed by atoms with Crippen molar-refractivity contribution in [2.75, 3.05) is 0 Å². The predicted molar refractivity (Wildman–Crippen MR) is 113 cm³/mol. The van der Waals surface area contributed by atoms with Gasteiger partial charge in [-0.3, -0.25) is 24.6 Å². The fourth-order valence-electron chi connectivity index (χ4n) is 3.08. The summed E-state index contributed by atoms with van der Waals surface area (Å²) in [4.78, 5) is 37.1. The maximum absolute atomic E-state index is 12.7. The Balaban J connectivity index is 1.55. The number of amides is 2. The summed E-state index contributed by atoms with van der Waals surface area (Å²) in [6.07, 6.45) is 1.52. The van der Waals surface area contributed by atoms with Gasteiger partial charge in [-0.2, -0.15) is 0 Å². The highest BCUT2D eigenvalue weighted by atomic mass is 32.2. The molecule has 0 aliphatic carbocycles. The number of rotatable bonds is 5. The van der Waals surface area contributed by atoms with E-state index in [4.69, 9.17) is 4.42 Å². The molecule has 0 saturated carbocycles. The maximum Gasteiger partial charge on any atom is 0.293 e. The van der Waals surface area contributed by atoms with Gasteiger partial charge in [-0.05, 0) is 41.9 Å². The zero-order chi connectivity index (χ0) is 21.3. The molecule has 2 aromatic carbocycles. The highest BCUT2D eigenvalue weighted by Crippen LogP contribution is 2.34. The fourth-order valence-corrected chi connectivity index (χ4v) is 3.90. The molecule has 3 aromatic rings. The van der Waals surface area contributed by atoms with Crippen LogP contribution in [0.2, 0.25) is 0 Å². The van der Waals surface area contributed by atoms with Gasteiger partial charge in [0, 0.05) is 23.8 Å². The Morgan fingerprint density at radius 1 is 1.10 bits per heavy atom. The number of nitro groups is 1. The summed E-state index contributed by atoms with van der Waals surface area (Å²) in [6.45, 7) is 2.15. The smallest absolute Gasteiger partial charge is 0.293 e. The van der Waals surface area contributed by atoms with Gasteiger partial charge in [-0.1, -0.05) is 36.4 Å². The average molecular weight is 420 g/mol. The summed E-state index contributed by atoms with van der Waals surface area (Å²) < 4.78 is 5.73. The largest absolute Gasteiger partial charge is 0.457 e. The van der Waals surface area contributed by atoms with Crippen LogP contribution in [-0.4, -0.2) is 21.0 Å². The van der Waals surface area contributed by atoms with Crippen LogP contribution in [0.3, 0.4) is 0 Å². The lowest BCUT2D eigenvalue weighted by Crippen LogP contribution is -2.27. The first kappa shape index (κ1) is 19.7. The summed E-state index contributed by atoms with van der Waals surface area (Å²) in [6, 6.07) is 17.0. The molecule has 0 radical (unpaired) electrons. The summed E-state index contributed by atoms with van der Waals surface area (Å²) in [5, 5.41) is 10.6. The first-order valence-electron chi connectivity index (χ1n) is 9.07. The van der Waals surface area contributed by atoms with E-state index in [2.05, 4.69) is 0 Å². The van der Waals surface area contributed by atoms with Gasteiger partial charge in [0.25, 0.3) is 16.8 Å². The van der Waals surface area contributed by atoms with Crippen molar-refractivity contribution in [3.8, 4) is 11.3 Å². The van der Waals surface area contributed by atoms with Crippen LogP contribution in [0.25, 0.3) is 17.4 Å². The number of hydrogen-bond acceptors (Lipinski definition) is 6. The van der Waals surface area contributed by atoms with Gasteiger partial charge in [0.05, 0.1) is 16.4 Å². The topological polar surface area (TPSA) is 93.7 Å². The Hall–Kier alpha value is -3.65. The lowest BCUT2D eigenvalue weighted by molar-refractivity contribution is -0.384. The normalized spacial score (nSPS) is 15.2. The minimum Gasteiger partial charge on any atom is -0.457 e. The molecule has 1 saturated heterocycles. The van der Waals surface area contributed by atoms with Crippen LogP contribution in [0, 0.1) is 17.0 Å². The van der Waals surface area contributed by atoms with Crippen molar-refractivity contribution in [3.63, 3.8) is 0 Å². The van der Waals surface area contributed by atoms with E-state index in [0.717, 1.165) is 22.9 Å². The van der Waals surface area contributed by atoms with Crippen molar-refractivity contribution in [1.29, 1.82) is 0 Å². The first-order chi connectivity index (χ1) is 14.4. The van der Waals surface area contributed by atoms with Crippen LogP contribution in [-0.2, 0) is 11.3 Å². The first-order valence-corrected chi connectivity index (χ1v) is 9.88. The van der Waals surface area contributed by atoms with Crippen LogP contribution in [0.1, 0.15) is 16.9 Å². The molecule has 150 valence electrons. The molecule has 7 nitrogen and oxygen atoms in total. The number of carbonyl (C=O) groups excluding carboxylic acids is 2. The molecular weight excluding hydrogens is 404 g/mol. The predicted octanol–water partition coefficient (Wildman–Crippen LogP) is 5.40. The van der Waals surface area contributed by atoms with Crippen molar-refractivity contribution >= 4 is 34.7 Å². The van der Waals surface area contributed by atoms with Gasteiger partial charge in [-0.15, -0.1) is 0 Å². The van der Waals surface area contributed by atoms with Gasteiger partial charge in [0.2, 0.25) is 0 Å². The van der Waals surface area contributed by atoms with Crippen LogP contribution in [0.5, 0.6) is 0 Å². The average Bonchev–Trinajstić information content (AvgIpc) is 3.30. The summed E-state index contributed by atoms with van der Waals surface area (Å²) in [5.41, 5.74) is 2.43.